The predicted octanol–water partition coefficient (Wildman–Crippen LogP) is 3.38. The van der Waals surface area contributed by atoms with Gasteiger partial charge in [0.25, 0.3) is 0 Å². The van der Waals surface area contributed by atoms with Crippen LogP contribution in [0.15, 0.2) is 0 Å². The number of aromatic nitrogens is 2. The van der Waals surface area contributed by atoms with Gasteiger partial charge in [0.15, 0.2) is 0 Å². The monoisotopic (exact) mass is 253 g/mol. The van der Waals surface area contributed by atoms with Crippen molar-refractivity contribution in [3.05, 3.63) is 16.4 Å². The number of hydrogen-bond donors (Lipinski definition) is 0. The Kier molecular flexibility index (Phi) is 4.21. The maximum Gasteiger partial charge on any atom is 0.226 e. The van der Waals surface area contributed by atoms with Gasteiger partial charge in [-0.15, -0.1) is 0 Å². The van der Waals surface area contributed by atoms with Crippen LogP contribution in [0.1, 0.15) is 43.9 Å². The van der Waals surface area contributed by atoms with Crippen molar-refractivity contribution in [3.63, 3.8) is 0 Å². The van der Waals surface area contributed by atoms with Gasteiger partial charge in [-0.25, -0.2) is 9.97 Å². The van der Waals surface area contributed by atoms with E-state index in [2.05, 4.69) is 21.8 Å². The third-order valence-corrected chi connectivity index (χ3v) is 3.71. The summed E-state index contributed by atoms with van der Waals surface area (Å²) >= 11 is 6.22. The van der Waals surface area contributed by atoms with Crippen molar-refractivity contribution < 1.29 is 0 Å². The van der Waals surface area contributed by atoms with Crippen LogP contribution in [0, 0.1) is 6.92 Å². The van der Waals surface area contributed by atoms with Crippen molar-refractivity contribution >= 4 is 17.5 Å². The third-order valence-electron chi connectivity index (χ3n) is 3.39. The predicted molar refractivity (Wildman–Crippen MR) is 71.8 cm³/mol. The molecule has 4 heteroatoms. The van der Waals surface area contributed by atoms with E-state index in [0.717, 1.165) is 36.7 Å². The van der Waals surface area contributed by atoms with Crippen LogP contribution in [0.5, 0.6) is 0 Å². The molecular weight excluding hydrogens is 234 g/mol. The molecule has 0 amide bonds. The summed E-state index contributed by atoms with van der Waals surface area (Å²) in [4.78, 5) is 11.3. The number of hydrogen-bond acceptors (Lipinski definition) is 3. The maximum atomic E-state index is 6.22. The van der Waals surface area contributed by atoms with Gasteiger partial charge in [0.2, 0.25) is 5.95 Å². The second-order valence-corrected chi connectivity index (χ2v) is 4.99. The van der Waals surface area contributed by atoms with Crippen LogP contribution in [-0.2, 0) is 6.42 Å². The number of aryl methyl sites for hydroxylation is 1. The Hall–Kier alpha value is -0.830. The highest BCUT2D eigenvalue weighted by atomic mass is 35.5. The molecule has 0 aliphatic carbocycles. The first-order valence-corrected chi connectivity index (χ1v) is 6.88. The zero-order chi connectivity index (χ0) is 12.3. The lowest BCUT2D eigenvalue weighted by Gasteiger charge is -2.21. The highest BCUT2D eigenvalue weighted by Crippen LogP contribution is 2.22. The number of anilines is 1. The second kappa shape index (κ2) is 5.67. The summed E-state index contributed by atoms with van der Waals surface area (Å²) in [6.07, 6.45) is 5.99. The minimum absolute atomic E-state index is 0.624. The van der Waals surface area contributed by atoms with Crippen molar-refractivity contribution in [2.24, 2.45) is 0 Å². The summed E-state index contributed by atoms with van der Waals surface area (Å²) in [7, 11) is 0. The Morgan fingerprint density at radius 3 is 2.29 bits per heavy atom. The van der Waals surface area contributed by atoms with E-state index in [9.17, 15) is 0 Å². The largest absolute Gasteiger partial charge is 0.341 e. The molecule has 1 aromatic rings. The molecular formula is C13H20ClN3. The molecule has 0 spiro atoms. The zero-order valence-electron chi connectivity index (χ0n) is 10.7. The first kappa shape index (κ1) is 12.6. The summed E-state index contributed by atoms with van der Waals surface area (Å²) < 4.78 is 0. The van der Waals surface area contributed by atoms with E-state index in [1.807, 2.05) is 6.92 Å². The molecule has 1 fully saturated rings. The number of nitrogens with zero attached hydrogens (tertiary/aromatic N) is 3. The van der Waals surface area contributed by atoms with Gasteiger partial charge in [-0.2, -0.15) is 0 Å². The van der Waals surface area contributed by atoms with Gasteiger partial charge >= 0.3 is 0 Å². The van der Waals surface area contributed by atoms with Crippen molar-refractivity contribution in [1.29, 1.82) is 0 Å². The Bertz CT molecular complexity index is 361. The molecule has 0 aromatic carbocycles. The first-order valence-electron chi connectivity index (χ1n) is 6.50. The van der Waals surface area contributed by atoms with Crippen molar-refractivity contribution in [2.45, 2.75) is 46.0 Å². The fourth-order valence-electron chi connectivity index (χ4n) is 2.36. The number of halogens is 1. The van der Waals surface area contributed by atoms with Crippen molar-refractivity contribution in [1.82, 2.24) is 9.97 Å². The van der Waals surface area contributed by atoms with Gasteiger partial charge in [-0.05, 0) is 26.2 Å². The summed E-state index contributed by atoms with van der Waals surface area (Å²) in [6.45, 7) is 6.22. The SMILES string of the molecule is CCc1c(C)nc(N2CCCCCC2)nc1Cl. The molecule has 0 bridgehead atoms. The van der Waals surface area contributed by atoms with Crippen LogP contribution in [0.4, 0.5) is 5.95 Å². The molecule has 0 radical (unpaired) electrons. The van der Waals surface area contributed by atoms with Gasteiger partial charge in [0.05, 0.1) is 0 Å². The average molecular weight is 254 g/mol. The summed E-state index contributed by atoms with van der Waals surface area (Å²) in [5, 5.41) is 0.624. The molecule has 0 unspecified atom stereocenters. The molecule has 17 heavy (non-hydrogen) atoms. The van der Waals surface area contributed by atoms with Crippen LogP contribution in [0.2, 0.25) is 5.15 Å². The van der Waals surface area contributed by atoms with E-state index in [-0.39, 0.29) is 0 Å². The summed E-state index contributed by atoms with van der Waals surface area (Å²) in [6, 6.07) is 0. The first-order chi connectivity index (χ1) is 8.22. The zero-order valence-corrected chi connectivity index (χ0v) is 11.4. The molecule has 1 saturated heterocycles. The van der Waals surface area contributed by atoms with Crippen LogP contribution in [-0.4, -0.2) is 23.1 Å². The van der Waals surface area contributed by atoms with Crippen LogP contribution < -0.4 is 4.90 Å². The second-order valence-electron chi connectivity index (χ2n) is 4.63. The molecule has 1 aliphatic rings. The maximum absolute atomic E-state index is 6.22. The molecule has 1 aromatic heterocycles. The van der Waals surface area contributed by atoms with E-state index in [1.54, 1.807) is 0 Å². The fraction of sp³-hybridized carbons (Fsp3) is 0.692. The molecule has 0 N–H and O–H groups in total. The summed E-state index contributed by atoms with van der Waals surface area (Å²) in [5.41, 5.74) is 2.09. The quantitative estimate of drug-likeness (QED) is 0.757. The van der Waals surface area contributed by atoms with E-state index >= 15 is 0 Å². The Labute approximate surface area is 108 Å². The lowest BCUT2D eigenvalue weighted by atomic mass is 10.2. The van der Waals surface area contributed by atoms with Gasteiger partial charge in [-0.3, -0.25) is 0 Å². The highest BCUT2D eigenvalue weighted by molar-refractivity contribution is 6.30. The fourth-order valence-corrected chi connectivity index (χ4v) is 2.71. The topological polar surface area (TPSA) is 29.0 Å². The lowest BCUT2D eigenvalue weighted by molar-refractivity contribution is 0.726. The van der Waals surface area contributed by atoms with E-state index in [1.165, 1.54) is 25.7 Å². The minimum atomic E-state index is 0.624. The van der Waals surface area contributed by atoms with Gasteiger partial charge in [0, 0.05) is 24.3 Å². The summed E-state index contributed by atoms with van der Waals surface area (Å²) in [5.74, 6) is 0.812. The molecule has 1 aliphatic heterocycles. The van der Waals surface area contributed by atoms with Crippen LogP contribution in [0.25, 0.3) is 0 Å². The average Bonchev–Trinajstić information content (AvgIpc) is 2.57. The van der Waals surface area contributed by atoms with Crippen LogP contribution >= 0.6 is 11.6 Å². The van der Waals surface area contributed by atoms with Crippen LogP contribution in [0.3, 0.4) is 0 Å². The lowest BCUT2D eigenvalue weighted by Crippen LogP contribution is -2.26. The van der Waals surface area contributed by atoms with E-state index < -0.39 is 0 Å². The van der Waals surface area contributed by atoms with Crippen molar-refractivity contribution in [2.75, 3.05) is 18.0 Å². The molecule has 3 nitrogen and oxygen atoms in total. The molecule has 0 atom stereocenters. The van der Waals surface area contributed by atoms with Gasteiger partial charge in [0.1, 0.15) is 5.15 Å². The van der Waals surface area contributed by atoms with E-state index in [4.69, 9.17) is 11.6 Å². The number of rotatable bonds is 2. The standard InChI is InChI=1S/C13H20ClN3/c1-3-11-10(2)15-13(16-12(11)14)17-8-6-4-5-7-9-17/h3-9H2,1-2H3. The molecule has 0 saturated carbocycles. The molecule has 2 rings (SSSR count). The Morgan fingerprint density at radius 1 is 1.12 bits per heavy atom. The smallest absolute Gasteiger partial charge is 0.226 e. The van der Waals surface area contributed by atoms with Gasteiger partial charge < -0.3 is 4.90 Å². The Balaban J connectivity index is 2.26. The molecule has 94 valence electrons. The van der Waals surface area contributed by atoms with Gasteiger partial charge in [-0.1, -0.05) is 31.4 Å². The minimum Gasteiger partial charge on any atom is -0.341 e. The third kappa shape index (κ3) is 2.89. The normalized spacial score (nSPS) is 17.0. The van der Waals surface area contributed by atoms with Crippen molar-refractivity contribution in [3.8, 4) is 0 Å². The van der Waals surface area contributed by atoms with E-state index in [0.29, 0.717) is 5.15 Å². The molecule has 2 heterocycles. The highest BCUT2D eigenvalue weighted by Gasteiger charge is 2.15. The Morgan fingerprint density at radius 2 is 1.76 bits per heavy atom.